The van der Waals surface area contributed by atoms with Crippen molar-refractivity contribution in [1.29, 1.82) is 0 Å². The third-order valence-electron chi connectivity index (χ3n) is 7.30. The minimum absolute atomic E-state index is 0.0434. The fourth-order valence-corrected chi connectivity index (χ4v) is 6.30. The Labute approximate surface area is 233 Å². The quantitative estimate of drug-likeness (QED) is 0.439. The highest BCUT2D eigenvalue weighted by molar-refractivity contribution is 7.91. The lowest BCUT2D eigenvalue weighted by atomic mass is 10.0. The van der Waals surface area contributed by atoms with Crippen LogP contribution < -0.4 is 19.9 Å². The molecule has 214 valence electrons. The Morgan fingerprint density at radius 1 is 1.07 bits per heavy atom. The highest BCUT2D eigenvalue weighted by Crippen LogP contribution is 2.43. The zero-order chi connectivity index (χ0) is 28.8. The van der Waals surface area contributed by atoms with Crippen molar-refractivity contribution < 1.29 is 21.9 Å². The van der Waals surface area contributed by atoms with Crippen molar-refractivity contribution >= 4 is 33.0 Å². The first-order valence-corrected chi connectivity index (χ1v) is 15.3. The van der Waals surface area contributed by atoms with Crippen LogP contribution in [0.15, 0.2) is 36.7 Å². The number of aromatic nitrogens is 3. The average molecular weight is 573 g/mol. The van der Waals surface area contributed by atoms with Gasteiger partial charge in [-0.25, -0.2) is 32.2 Å². The summed E-state index contributed by atoms with van der Waals surface area (Å²) in [6, 6.07) is 6.63. The van der Waals surface area contributed by atoms with Crippen molar-refractivity contribution in [2.24, 2.45) is 0 Å². The highest BCUT2D eigenvalue weighted by atomic mass is 32.2. The summed E-state index contributed by atoms with van der Waals surface area (Å²) in [6.45, 7) is 9.65. The lowest BCUT2D eigenvalue weighted by Gasteiger charge is -2.43. The molecule has 1 fully saturated rings. The Kier molecular flexibility index (Phi) is 7.32. The Morgan fingerprint density at radius 2 is 1.80 bits per heavy atom. The minimum Gasteiger partial charge on any atom is -0.481 e. The fourth-order valence-electron chi connectivity index (χ4n) is 5.23. The van der Waals surface area contributed by atoms with E-state index in [2.05, 4.69) is 25.2 Å². The molecule has 0 bridgehead atoms. The molecule has 2 aliphatic rings. The first kappa shape index (κ1) is 28.0. The molecule has 1 saturated heterocycles. The maximum Gasteiger partial charge on any atom is 0.229 e. The second-order valence-corrected chi connectivity index (χ2v) is 13.6. The lowest BCUT2D eigenvalue weighted by Crippen LogP contribution is -2.49. The van der Waals surface area contributed by atoms with Crippen molar-refractivity contribution in [3.05, 3.63) is 48.3 Å². The van der Waals surface area contributed by atoms with E-state index in [1.165, 1.54) is 12.3 Å². The van der Waals surface area contributed by atoms with Gasteiger partial charge in [-0.1, -0.05) is 0 Å². The number of sulfone groups is 1. The van der Waals surface area contributed by atoms with Gasteiger partial charge in [0.05, 0.1) is 35.6 Å². The Morgan fingerprint density at radius 3 is 2.42 bits per heavy atom. The molecule has 0 atom stereocenters. The van der Waals surface area contributed by atoms with Crippen molar-refractivity contribution in [2.75, 3.05) is 41.0 Å². The normalized spacial score (nSPS) is 17.5. The van der Waals surface area contributed by atoms with Crippen molar-refractivity contribution in [2.45, 2.75) is 57.4 Å². The molecule has 5 rings (SSSR count). The molecule has 0 spiro atoms. The molecule has 12 heteroatoms. The molecule has 0 saturated carbocycles. The Bertz CT molecular complexity index is 1510. The van der Waals surface area contributed by atoms with Gasteiger partial charge >= 0.3 is 0 Å². The van der Waals surface area contributed by atoms with Gasteiger partial charge in [0.1, 0.15) is 27.0 Å². The number of ether oxygens (including phenoxy) is 1. The van der Waals surface area contributed by atoms with Gasteiger partial charge in [-0.3, -0.25) is 0 Å². The number of pyridine rings is 1. The van der Waals surface area contributed by atoms with Crippen LogP contribution in [0.5, 0.6) is 5.75 Å². The van der Waals surface area contributed by atoms with Gasteiger partial charge in [-0.15, -0.1) is 0 Å². The Hall–Kier alpha value is -3.54. The van der Waals surface area contributed by atoms with Crippen LogP contribution in [-0.4, -0.2) is 66.2 Å². The molecule has 40 heavy (non-hydrogen) atoms. The summed E-state index contributed by atoms with van der Waals surface area (Å²) >= 11 is 0. The number of hydrogen-bond donors (Lipinski definition) is 1. The van der Waals surface area contributed by atoms with Crippen LogP contribution in [0, 0.1) is 11.6 Å². The van der Waals surface area contributed by atoms with E-state index in [1.807, 2.05) is 38.7 Å². The minimum atomic E-state index is -3.04. The number of piperidine rings is 1. The molecule has 1 N–H and O–H groups in total. The number of anilines is 4. The maximum atomic E-state index is 15.3. The summed E-state index contributed by atoms with van der Waals surface area (Å²) in [5, 5.41) is 2.68. The van der Waals surface area contributed by atoms with Gasteiger partial charge in [0.15, 0.2) is 17.4 Å². The summed E-state index contributed by atoms with van der Waals surface area (Å²) in [4.78, 5) is 16.9. The van der Waals surface area contributed by atoms with Gasteiger partial charge in [0.2, 0.25) is 5.95 Å². The van der Waals surface area contributed by atoms with Crippen LogP contribution in [0.1, 0.15) is 40.5 Å². The zero-order valence-electron chi connectivity index (χ0n) is 23.3. The second-order valence-electron chi connectivity index (χ2n) is 11.3. The molecular formula is C28H34F2N6O3S. The molecule has 0 aliphatic carbocycles. The van der Waals surface area contributed by atoms with E-state index in [-0.39, 0.29) is 34.2 Å². The van der Waals surface area contributed by atoms with Gasteiger partial charge < -0.3 is 19.9 Å². The fraction of sp³-hybridized carbons (Fsp3) is 0.464. The SMILES string of the molecule is CC(C)N1CC(C)(C)Oc2c(F)cc(-c3nc(Nc4ccc(N5CCC(S(C)(=O)=O)CC5)cn4)ncc3F)cc21. The predicted octanol–water partition coefficient (Wildman–Crippen LogP) is 4.96. The van der Waals surface area contributed by atoms with Crippen molar-refractivity contribution in [3.63, 3.8) is 0 Å². The number of nitrogens with zero attached hydrogens (tertiary/aromatic N) is 5. The summed E-state index contributed by atoms with van der Waals surface area (Å²) in [5.74, 6) is -0.561. The van der Waals surface area contributed by atoms with Crippen LogP contribution in [0.2, 0.25) is 0 Å². The van der Waals surface area contributed by atoms with Crippen LogP contribution >= 0.6 is 0 Å². The maximum absolute atomic E-state index is 15.3. The number of nitrogens with one attached hydrogen (secondary N) is 1. The lowest BCUT2D eigenvalue weighted by molar-refractivity contribution is 0.0967. The van der Waals surface area contributed by atoms with Crippen LogP contribution in [0.4, 0.5) is 31.9 Å². The van der Waals surface area contributed by atoms with E-state index in [9.17, 15) is 12.8 Å². The van der Waals surface area contributed by atoms with Gasteiger partial charge in [0.25, 0.3) is 0 Å². The molecule has 1 aromatic carbocycles. The van der Waals surface area contributed by atoms with E-state index < -0.39 is 27.1 Å². The van der Waals surface area contributed by atoms with Gasteiger partial charge in [-0.05, 0) is 64.8 Å². The van der Waals surface area contributed by atoms with E-state index in [4.69, 9.17) is 4.74 Å². The average Bonchev–Trinajstić information content (AvgIpc) is 2.89. The molecule has 2 aliphatic heterocycles. The number of benzene rings is 1. The molecule has 0 radical (unpaired) electrons. The van der Waals surface area contributed by atoms with Gasteiger partial charge in [0, 0.05) is 31.0 Å². The van der Waals surface area contributed by atoms with E-state index in [0.29, 0.717) is 44.0 Å². The molecule has 3 aromatic rings. The zero-order valence-corrected chi connectivity index (χ0v) is 24.1. The number of halogens is 2. The Balaban J connectivity index is 1.36. The predicted molar refractivity (Wildman–Crippen MR) is 152 cm³/mol. The van der Waals surface area contributed by atoms with E-state index >= 15 is 4.39 Å². The molecule has 2 aromatic heterocycles. The molecule has 9 nitrogen and oxygen atoms in total. The number of rotatable bonds is 6. The molecule has 4 heterocycles. The monoisotopic (exact) mass is 572 g/mol. The van der Waals surface area contributed by atoms with E-state index in [1.54, 1.807) is 18.3 Å². The van der Waals surface area contributed by atoms with Crippen molar-refractivity contribution in [1.82, 2.24) is 15.0 Å². The van der Waals surface area contributed by atoms with E-state index in [0.717, 1.165) is 11.9 Å². The largest absolute Gasteiger partial charge is 0.481 e. The van der Waals surface area contributed by atoms with Crippen LogP contribution in [0.3, 0.4) is 0 Å². The summed E-state index contributed by atoms with van der Waals surface area (Å²) in [7, 11) is -3.04. The number of fused-ring (bicyclic) bond motifs is 1. The third-order valence-corrected chi connectivity index (χ3v) is 8.99. The number of hydrogen-bond acceptors (Lipinski definition) is 9. The topological polar surface area (TPSA) is 101 Å². The first-order valence-electron chi connectivity index (χ1n) is 13.3. The van der Waals surface area contributed by atoms with Crippen LogP contribution in [0.25, 0.3) is 11.3 Å². The summed E-state index contributed by atoms with van der Waals surface area (Å²) < 4.78 is 59.8. The molecule has 0 unspecified atom stereocenters. The molecule has 0 amide bonds. The third kappa shape index (κ3) is 5.81. The van der Waals surface area contributed by atoms with Gasteiger partial charge in [-0.2, -0.15) is 0 Å². The second kappa shape index (κ2) is 10.5. The standard InChI is InChI=1S/C28H34F2N6O3S/c1-17(2)36-16-28(3,4)39-26-21(29)12-18(13-23(26)36)25-22(30)15-32-27(34-25)33-24-7-6-19(14-31-24)35-10-8-20(9-11-35)40(5,37)38/h6-7,12-15,17,20H,8-11,16H2,1-5H3,(H,31,32,33,34). The summed E-state index contributed by atoms with van der Waals surface area (Å²) in [6.07, 6.45) is 5.17. The van der Waals surface area contributed by atoms with Crippen LogP contribution in [-0.2, 0) is 9.84 Å². The van der Waals surface area contributed by atoms with Crippen molar-refractivity contribution in [3.8, 4) is 17.0 Å². The summed E-state index contributed by atoms with van der Waals surface area (Å²) in [5.41, 5.74) is 1.08. The smallest absolute Gasteiger partial charge is 0.229 e. The first-order chi connectivity index (χ1) is 18.8. The molecular weight excluding hydrogens is 538 g/mol. The highest BCUT2D eigenvalue weighted by Gasteiger charge is 2.35.